The number of ketones is 1. The Morgan fingerprint density at radius 3 is 2.58 bits per heavy atom. The quantitative estimate of drug-likeness (QED) is 0.222. The van der Waals surface area contributed by atoms with E-state index in [4.69, 9.17) is 9.47 Å². The Hall–Kier alpha value is -3.65. The molecule has 0 radical (unpaired) electrons. The summed E-state index contributed by atoms with van der Waals surface area (Å²) in [4.78, 5) is 30.9. The van der Waals surface area contributed by atoms with E-state index in [9.17, 15) is 14.0 Å². The summed E-state index contributed by atoms with van der Waals surface area (Å²) < 4.78 is 26.2. The summed E-state index contributed by atoms with van der Waals surface area (Å²) >= 11 is 1.11. The lowest BCUT2D eigenvalue weighted by atomic mass is 10.1. The molecule has 8 heteroatoms. The van der Waals surface area contributed by atoms with Crippen LogP contribution < -0.4 is 15.0 Å². The molecular weight excluding hydrogens is 443 g/mol. The number of carbonyl (C=O) groups excluding carboxylic acids is 1. The minimum absolute atomic E-state index is 0.00180. The van der Waals surface area contributed by atoms with Crippen LogP contribution in [0.5, 0.6) is 11.5 Å². The van der Waals surface area contributed by atoms with Gasteiger partial charge in [0.1, 0.15) is 17.3 Å². The third-order valence-electron chi connectivity index (χ3n) is 5.20. The highest BCUT2D eigenvalue weighted by molar-refractivity contribution is 7.99. The molecule has 4 aromatic rings. The average molecular weight is 465 g/mol. The molecule has 0 atom stereocenters. The lowest BCUT2D eigenvalue weighted by molar-refractivity contribution is 0.101. The number of halogens is 1. The number of aromatic nitrogens is 2. The van der Waals surface area contributed by atoms with Crippen LogP contribution >= 0.6 is 11.8 Å². The predicted molar refractivity (Wildman–Crippen MR) is 127 cm³/mol. The van der Waals surface area contributed by atoms with E-state index in [-0.39, 0.29) is 17.1 Å². The van der Waals surface area contributed by atoms with E-state index in [0.717, 1.165) is 11.8 Å². The van der Waals surface area contributed by atoms with Crippen molar-refractivity contribution in [3.8, 4) is 17.2 Å². The van der Waals surface area contributed by atoms with E-state index in [1.54, 1.807) is 61.5 Å². The van der Waals surface area contributed by atoms with Crippen molar-refractivity contribution in [1.29, 1.82) is 0 Å². The number of benzene rings is 3. The van der Waals surface area contributed by atoms with Gasteiger partial charge in [0.15, 0.2) is 10.9 Å². The fraction of sp³-hybridized carbons (Fsp3) is 0.160. The number of aryl methyl sites for hydroxylation is 1. The zero-order valence-corrected chi connectivity index (χ0v) is 19.1. The molecule has 0 N–H and O–H groups in total. The summed E-state index contributed by atoms with van der Waals surface area (Å²) in [6.45, 7) is 1.65. The molecule has 0 bridgehead atoms. The number of fused-ring (bicyclic) bond motifs is 1. The van der Waals surface area contributed by atoms with Gasteiger partial charge in [-0.2, -0.15) is 0 Å². The molecule has 0 aliphatic heterocycles. The number of para-hydroxylation sites is 1. The van der Waals surface area contributed by atoms with Crippen LogP contribution in [0.2, 0.25) is 0 Å². The Morgan fingerprint density at radius 2 is 1.85 bits per heavy atom. The normalized spacial score (nSPS) is 10.9. The van der Waals surface area contributed by atoms with Gasteiger partial charge in [-0.05, 0) is 48.9 Å². The van der Waals surface area contributed by atoms with E-state index in [1.165, 1.54) is 24.9 Å². The van der Waals surface area contributed by atoms with Crippen LogP contribution in [0.4, 0.5) is 4.39 Å². The monoisotopic (exact) mass is 464 g/mol. The van der Waals surface area contributed by atoms with Crippen molar-refractivity contribution in [1.82, 2.24) is 9.55 Å². The fourth-order valence-corrected chi connectivity index (χ4v) is 4.29. The van der Waals surface area contributed by atoms with Crippen molar-refractivity contribution in [3.63, 3.8) is 0 Å². The Balaban J connectivity index is 1.75. The number of nitrogens with zero attached hydrogens (tertiary/aromatic N) is 2. The summed E-state index contributed by atoms with van der Waals surface area (Å²) in [5.74, 6) is 0.333. The number of carbonyl (C=O) groups is 1. The summed E-state index contributed by atoms with van der Waals surface area (Å²) in [6, 6.07) is 16.5. The Morgan fingerprint density at radius 1 is 1.06 bits per heavy atom. The van der Waals surface area contributed by atoms with Gasteiger partial charge >= 0.3 is 0 Å². The molecule has 33 heavy (non-hydrogen) atoms. The van der Waals surface area contributed by atoms with Crippen LogP contribution in [-0.2, 0) is 0 Å². The predicted octanol–water partition coefficient (Wildman–Crippen LogP) is 4.83. The highest BCUT2D eigenvalue weighted by Crippen LogP contribution is 2.28. The van der Waals surface area contributed by atoms with Gasteiger partial charge in [0.05, 0.1) is 42.1 Å². The molecule has 1 aromatic heterocycles. The van der Waals surface area contributed by atoms with Crippen LogP contribution in [0, 0.1) is 12.7 Å². The second kappa shape index (κ2) is 9.46. The van der Waals surface area contributed by atoms with Gasteiger partial charge in [-0.3, -0.25) is 14.2 Å². The SMILES string of the molecule is COc1ccc(C(=O)CSc2nc3ccccc3c(=O)n2-c2ccc(C)c(F)c2)c(OC)c1. The number of hydrogen-bond acceptors (Lipinski definition) is 6. The molecule has 168 valence electrons. The van der Waals surface area contributed by atoms with Crippen LogP contribution in [0.15, 0.2) is 70.6 Å². The molecule has 0 aliphatic rings. The smallest absolute Gasteiger partial charge is 0.266 e. The van der Waals surface area contributed by atoms with Gasteiger partial charge in [0.2, 0.25) is 0 Å². The van der Waals surface area contributed by atoms with Gasteiger partial charge in [-0.15, -0.1) is 0 Å². The standard InChI is InChI=1S/C25H21FN2O4S/c1-15-8-9-16(12-20(15)26)28-24(30)18-6-4-5-7-21(18)27-25(28)33-14-22(29)19-11-10-17(31-2)13-23(19)32-3/h4-13H,14H2,1-3H3. The fourth-order valence-electron chi connectivity index (χ4n) is 3.39. The van der Waals surface area contributed by atoms with Crippen molar-refractivity contribution in [3.05, 3.63) is 88.0 Å². The van der Waals surface area contributed by atoms with E-state index in [1.807, 2.05) is 0 Å². The first-order chi connectivity index (χ1) is 15.9. The second-order valence-corrected chi connectivity index (χ2v) is 8.21. The number of hydrogen-bond donors (Lipinski definition) is 0. The third-order valence-corrected chi connectivity index (χ3v) is 6.14. The Labute approximate surface area is 194 Å². The molecule has 6 nitrogen and oxygen atoms in total. The molecule has 3 aromatic carbocycles. The molecular formula is C25H21FN2O4S. The van der Waals surface area contributed by atoms with Crippen molar-refractivity contribution in [2.24, 2.45) is 0 Å². The zero-order chi connectivity index (χ0) is 23.5. The number of rotatable bonds is 7. The highest BCUT2D eigenvalue weighted by Gasteiger charge is 2.18. The maximum absolute atomic E-state index is 14.3. The lowest BCUT2D eigenvalue weighted by Crippen LogP contribution is -2.22. The number of Topliss-reactive ketones (excluding diaryl/α,β-unsaturated/α-hetero) is 1. The minimum atomic E-state index is -0.428. The van der Waals surface area contributed by atoms with Gasteiger partial charge in [0, 0.05) is 6.07 Å². The number of thioether (sulfide) groups is 1. The van der Waals surface area contributed by atoms with Gasteiger partial charge < -0.3 is 9.47 Å². The van der Waals surface area contributed by atoms with E-state index < -0.39 is 5.82 Å². The third kappa shape index (κ3) is 4.47. The van der Waals surface area contributed by atoms with Crippen LogP contribution in [0.1, 0.15) is 15.9 Å². The average Bonchev–Trinajstić information content (AvgIpc) is 2.84. The Kier molecular flexibility index (Phi) is 6.46. The van der Waals surface area contributed by atoms with Crippen molar-refractivity contribution >= 4 is 28.4 Å². The topological polar surface area (TPSA) is 70.4 Å². The number of methoxy groups -OCH3 is 2. The molecule has 4 rings (SSSR count). The van der Waals surface area contributed by atoms with Crippen molar-refractivity contribution in [2.75, 3.05) is 20.0 Å². The van der Waals surface area contributed by atoms with Crippen LogP contribution in [0.25, 0.3) is 16.6 Å². The van der Waals surface area contributed by atoms with E-state index in [0.29, 0.717) is 44.4 Å². The molecule has 0 saturated carbocycles. The van der Waals surface area contributed by atoms with E-state index in [2.05, 4.69) is 4.98 Å². The van der Waals surface area contributed by atoms with Crippen LogP contribution in [0.3, 0.4) is 0 Å². The molecule has 0 fully saturated rings. The Bertz CT molecular complexity index is 1420. The second-order valence-electron chi connectivity index (χ2n) is 7.26. The first-order valence-corrected chi connectivity index (χ1v) is 11.1. The summed E-state index contributed by atoms with van der Waals surface area (Å²) in [5.41, 5.74) is 1.38. The molecule has 0 spiro atoms. The summed E-state index contributed by atoms with van der Waals surface area (Å²) in [6.07, 6.45) is 0. The highest BCUT2D eigenvalue weighted by atomic mass is 32.2. The first kappa shape index (κ1) is 22.5. The van der Waals surface area contributed by atoms with Crippen LogP contribution in [-0.4, -0.2) is 35.3 Å². The van der Waals surface area contributed by atoms with Gasteiger partial charge in [0.25, 0.3) is 5.56 Å². The molecule has 0 unspecified atom stereocenters. The largest absolute Gasteiger partial charge is 0.497 e. The summed E-state index contributed by atoms with van der Waals surface area (Å²) in [5, 5.41) is 0.703. The minimum Gasteiger partial charge on any atom is -0.497 e. The first-order valence-electron chi connectivity index (χ1n) is 10.1. The van der Waals surface area contributed by atoms with Gasteiger partial charge in [-0.25, -0.2) is 9.37 Å². The maximum Gasteiger partial charge on any atom is 0.266 e. The zero-order valence-electron chi connectivity index (χ0n) is 18.3. The summed E-state index contributed by atoms with van der Waals surface area (Å²) in [7, 11) is 3.01. The molecule has 0 aliphatic carbocycles. The van der Waals surface area contributed by atoms with Gasteiger partial charge in [-0.1, -0.05) is 30.0 Å². The number of ether oxygens (including phenoxy) is 2. The van der Waals surface area contributed by atoms with Crippen molar-refractivity contribution in [2.45, 2.75) is 12.1 Å². The van der Waals surface area contributed by atoms with Crippen molar-refractivity contribution < 1.29 is 18.7 Å². The maximum atomic E-state index is 14.3. The molecule has 0 saturated heterocycles. The van der Waals surface area contributed by atoms with E-state index >= 15 is 0 Å². The molecule has 1 heterocycles. The molecule has 0 amide bonds. The lowest BCUT2D eigenvalue weighted by Gasteiger charge is -2.14.